The Balaban J connectivity index is 1.77. The first-order valence-corrected chi connectivity index (χ1v) is 11.5. The Kier molecular flexibility index (Phi) is 6.29. The molecule has 1 aliphatic heterocycles. The summed E-state index contributed by atoms with van der Waals surface area (Å²) in [6.07, 6.45) is 5.25. The van der Waals surface area contributed by atoms with Crippen molar-refractivity contribution < 1.29 is 13.6 Å². The molecule has 0 saturated carbocycles. The van der Waals surface area contributed by atoms with Crippen molar-refractivity contribution in [2.24, 2.45) is 0 Å². The predicted molar refractivity (Wildman–Crippen MR) is 126 cm³/mol. The maximum Gasteiger partial charge on any atom is 0.312 e. The lowest BCUT2D eigenvalue weighted by atomic mass is 9.95. The zero-order chi connectivity index (χ0) is 24.6. The van der Waals surface area contributed by atoms with Gasteiger partial charge in [0.15, 0.2) is 0 Å². The number of rotatable bonds is 5. The first-order valence-electron chi connectivity index (χ1n) is 11.5. The monoisotopic (exact) mass is 466 g/mol. The molecule has 3 aromatic heterocycles. The number of nitrogens with one attached hydrogen (secondary N) is 1. The molecule has 0 bridgehead atoms. The maximum absolute atomic E-state index is 14.4. The van der Waals surface area contributed by atoms with E-state index in [2.05, 4.69) is 34.5 Å². The van der Waals surface area contributed by atoms with Crippen LogP contribution in [-0.2, 0) is 5.41 Å². The minimum absolute atomic E-state index is 0.0594. The highest BCUT2D eigenvalue weighted by Crippen LogP contribution is 2.36. The van der Waals surface area contributed by atoms with Gasteiger partial charge in [-0.1, -0.05) is 33.3 Å². The molecular weight excluding hydrogens is 435 g/mol. The van der Waals surface area contributed by atoms with Gasteiger partial charge in [0, 0.05) is 30.3 Å². The fourth-order valence-corrected chi connectivity index (χ4v) is 3.92. The van der Waals surface area contributed by atoms with Gasteiger partial charge < -0.3 is 14.6 Å². The highest BCUT2D eigenvalue weighted by Gasteiger charge is 2.37. The molecule has 0 saturated heterocycles. The predicted octanol–water partition coefficient (Wildman–Crippen LogP) is 4.92. The molecule has 8 nitrogen and oxygen atoms in total. The lowest BCUT2D eigenvalue weighted by Crippen LogP contribution is -2.41. The quantitative estimate of drug-likeness (QED) is 0.574. The van der Waals surface area contributed by atoms with Crippen LogP contribution in [0.2, 0.25) is 0 Å². The van der Waals surface area contributed by atoms with E-state index in [-0.39, 0.29) is 23.0 Å². The van der Waals surface area contributed by atoms with Crippen molar-refractivity contribution in [2.75, 3.05) is 6.54 Å². The zero-order valence-corrected chi connectivity index (χ0v) is 20.5. The summed E-state index contributed by atoms with van der Waals surface area (Å²) in [6, 6.07) is 4.17. The third-order valence-electron chi connectivity index (χ3n) is 6.11. The third-order valence-corrected chi connectivity index (χ3v) is 6.11. The van der Waals surface area contributed by atoms with E-state index < -0.39 is 6.04 Å². The smallest absolute Gasteiger partial charge is 0.312 e. The van der Waals surface area contributed by atoms with E-state index in [4.69, 9.17) is 4.42 Å². The third kappa shape index (κ3) is 4.47. The van der Waals surface area contributed by atoms with E-state index in [9.17, 15) is 9.18 Å². The molecule has 1 atom stereocenters. The van der Waals surface area contributed by atoms with Crippen LogP contribution in [0.4, 0.5) is 4.39 Å². The van der Waals surface area contributed by atoms with Crippen LogP contribution in [0.3, 0.4) is 0 Å². The van der Waals surface area contributed by atoms with E-state index in [1.54, 1.807) is 23.2 Å². The molecule has 4 rings (SSSR count). The minimum Gasteiger partial charge on any atom is -0.416 e. The largest absolute Gasteiger partial charge is 0.416 e. The van der Waals surface area contributed by atoms with E-state index in [0.29, 0.717) is 30.1 Å². The van der Waals surface area contributed by atoms with Crippen LogP contribution in [0.1, 0.15) is 82.7 Å². The SMILES string of the molecule is CCC(C)=CNC1=C(C)C(c2cc3c(F)cccn3n2)N(C(=O)c2nnc(C(C)(C)C)o2)CC1. The molecule has 3 aromatic rings. The Bertz CT molecular complexity index is 1280. The van der Waals surface area contributed by atoms with E-state index >= 15 is 0 Å². The van der Waals surface area contributed by atoms with Crippen molar-refractivity contribution in [1.29, 1.82) is 0 Å². The van der Waals surface area contributed by atoms with Gasteiger partial charge in [0.2, 0.25) is 5.89 Å². The lowest BCUT2D eigenvalue weighted by molar-refractivity contribution is 0.0641. The lowest BCUT2D eigenvalue weighted by Gasteiger charge is -2.36. The summed E-state index contributed by atoms with van der Waals surface area (Å²) in [4.78, 5) is 15.2. The molecule has 4 heterocycles. The Morgan fingerprint density at radius 2 is 2.12 bits per heavy atom. The summed E-state index contributed by atoms with van der Waals surface area (Å²) in [5.74, 6) is -0.405. The van der Waals surface area contributed by atoms with Crippen LogP contribution in [0.15, 0.2) is 51.9 Å². The molecule has 0 aromatic carbocycles. The van der Waals surface area contributed by atoms with E-state index in [1.807, 2.05) is 33.9 Å². The summed E-state index contributed by atoms with van der Waals surface area (Å²) in [5.41, 5.74) is 3.71. The average Bonchev–Trinajstić information content (AvgIpc) is 3.45. The molecule has 1 unspecified atom stereocenters. The number of aromatic nitrogens is 4. The van der Waals surface area contributed by atoms with Crippen molar-refractivity contribution >= 4 is 11.4 Å². The summed E-state index contributed by atoms with van der Waals surface area (Å²) < 4.78 is 21.7. The van der Waals surface area contributed by atoms with Gasteiger partial charge in [0.05, 0.1) is 11.7 Å². The van der Waals surface area contributed by atoms with Gasteiger partial charge in [-0.05, 0) is 50.2 Å². The van der Waals surface area contributed by atoms with Crippen molar-refractivity contribution in [3.05, 3.63) is 70.7 Å². The molecule has 1 aliphatic rings. The second-order valence-corrected chi connectivity index (χ2v) is 9.72. The fraction of sp³-hybridized carbons (Fsp3) is 0.440. The second-order valence-electron chi connectivity index (χ2n) is 9.72. The number of pyridine rings is 1. The summed E-state index contributed by atoms with van der Waals surface area (Å²) in [5, 5.41) is 16.1. The molecule has 9 heteroatoms. The van der Waals surface area contributed by atoms with Crippen molar-refractivity contribution in [1.82, 2.24) is 30.0 Å². The van der Waals surface area contributed by atoms with Crippen molar-refractivity contribution in [3.8, 4) is 0 Å². The molecule has 0 radical (unpaired) electrons. The Morgan fingerprint density at radius 1 is 1.35 bits per heavy atom. The molecule has 34 heavy (non-hydrogen) atoms. The summed E-state index contributed by atoms with van der Waals surface area (Å²) in [6.45, 7) is 12.4. The Hall–Kier alpha value is -3.49. The summed E-state index contributed by atoms with van der Waals surface area (Å²) >= 11 is 0. The number of halogens is 1. The van der Waals surface area contributed by atoms with Crippen molar-refractivity contribution in [3.63, 3.8) is 0 Å². The molecule has 180 valence electrons. The van der Waals surface area contributed by atoms with Crippen LogP contribution in [0.5, 0.6) is 0 Å². The number of carbonyl (C=O) groups excluding carboxylic acids is 1. The van der Waals surface area contributed by atoms with Crippen molar-refractivity contribution in [2.45, 2.75) is 65.8 Å². The first-order chi connectivity index (χ1) is 16.1. The Morgan fingerprint density at radius 3 is 2.76 bits per heavy atom. The van der Waals surface area contributed by atoms with Gasteiger partial charge in [0.25, 0.3) is 0 Å². The molecular formula is C25H31FN6O2. The average molecular weight is 467 g/mol. The number of allylic oxidation sites excluding steroid dienone is 1. The van der Waals surface area contributed by atoms with Gasteiger partial charge in [-0.3, -0.25) is 4.79 Å². The van der Waals surface area contributed by atoms with Gasteiger partial charge in [0.1, 0.15) is 11.3 Å². The highest BCUT2D eigenvalue weighted by atomic mass is 19.1. The maximum atomic E-state index is 14.4. The van der Waals surface area contributed by atoms with Gasteiger partial charge in [-0.2, -0.15) is 5.10 Å². The van der Waals surface area contributed by atoms with Crippen LogP contribution in [-0.4, -0.2) is 37.2 Å². The number of hydrogen-bond donors (Lipinski definition) is 1. The normalized spacial score (nSPS) is 17.6. The summed E-state index contributed by atoms with van der Waals surface area (Å²) in [7, 11) is 0. The molecule has 0 spiro atoms. The van der Waals surface area contributed by atoms with Crippen LogP contribution in [0.25, 0.3) is 5.52 Å². The van der Waals surface area contributed by atoms with Crippen LogP contribution >= 0.6 is 0 Å². The molecule has 0 aliphatic carbocycles. The zero-order valence-electron chi connectivity index (χ0n) is 20.5. The highest BCUT2D eigenvalue weighted by molar-refractivity contribution is 5.90. The topological polar surface area (TPSA) is 88.6 Å². The molecule has 0 fully saturated rings. The number of nitrogens with zero attached hydrogens (tertiary/aromatic N) is 5. The number of amides is 1. The standard InChI is InChI=1S/C25H31FN6O2/c1-7-15(2)14-27-18-10-12-31(23(33)22-28-29-24(34-22)25(4,5)6)21(16(18)3)19-13-20-17(26)9-8-11-32(20)30-19/h8-9,11,13-14,21,27H,7,10,12H2,1-6H3. The fourth-order valence-electron chi connectivity index (χ4n) is 3.92. The minimum atomic E-state index is -0.511. The van der Waals surface area contributed by atoms with Gasteiger partial charge in [-0.25, -0.2) is 8.91 Å². The van der Waals surface area contributed by atoms with Gasteiger partial charge >= 0.3 is 11.8 Å². The molecule has 1 N–H and O–H groups in total. The van der Waals surface area contributed by atoms with Crippen LogP contribution in [0, 0.1) is 5.82 Å². The molecule has 1 amide bonds. The Labute approximate surface area is 198 Å². The van der Waals surface area contributed by atoms with E-state index in [1.165, 1.54) is 16.2 Å². The van der Waals surface area contributed by atoms with Gasteiger partial charge in [-0.15, -0.1) is 10.2 Å². The second kappa shape index (κ2) is 9.04. The number of carbonyl (C=O) groups is 1. The van der Waals surface area contributed by atoms with E-state index in [0.717, 1.165) is 17.7 Å². The number of hydrogen-bond acceptors (Lipinski definition) is 6. The first kappa shape index (κ1) is 23.7. The number of fused-ring (bicyclic) bond motifs is 1. The van der Waals surface area contributed by atoms with Crippen LogP contribution < -0.4 is 5.32 Å².